The number of tetrazole rings is 1. The highest BCUT2D eigenvalue weighted by molar-refractivity contribution is 5.73. The zero-order chi connectivity index (χ0) is 24.7. The van der Waals surface area contributed by atoms with Crippen molar-refractivity contribution in [2.75, 3.05) is 6.61 Å². The lowest BCUT2D eigenvalue weighted by Gasteiger charge is -2.20. The number of ether oxygens (including phenoxy) is 1. The standard InChI is InChI=1S/C27H30N6O2/c1-27(2,26-30-32-33(31-26)19-24(28)34)15-9-10-16-35-25-18-22(20-11-5-3-6-12-20)17-23(29-25)21-13-7-4-8-14-21/h3-8,11-14,17-18H,9-10,15-16,19H2,1-2H3,(H2,28,34). The average molecular weight is 471 g/mol. The zero-order valence-corrected chi connectivity index (χ0v) is 20.1. The number of benzene rings is 2. The van der Waals surface area contributed by atoms with E-state index >= 15 is 0 Å². The molecular weight excluding hydrogens is 440 g/mol. The highest BCUT2D eigenvalue weighted by Gasteiger charge is 2.26. The van der Waals surface area contributed by atoms with Gasteiger partial charge in [-0.15, -0.1) is 10.2 Å². The second-order valence-electron chi connectivity index (χ2n) is 9.11. The molecule has 2 N–H and O–H groups in total. The van der Waals surface area contributed by atoms with Gasteiger partial charge in [0, 0.05) is 17.0 Å². The van der Waals surface area contributed by atoms with E-state index in [0.717, 1.165) is 41.6 Å². The van der Waals surface area contributed by atoms with E-state index in [1.807, 2.05) is 42.5 Å². The van der Waals surface area contributed by atoms with Gasteiger partial charge in [0.05, 0.1) is 12.3 Å². The Bertz CT molecular complexity index is 1200. The van der Waals surface area contributed by atoms with Crippen molar-refractivity contribution < 1.29 is 9.53 Å². The number of rotatable bonds is 11. The van der Waals surface area contributed by atoms with Gasteiger partial charge in [0.15, 0.2) is 5.82 Å². The second-order valence-corrected chi connectivity index (χ2v) is 9.11. The van der Waals surface area contributed by atoms with Crippen LogP contribution >= 0.6 is 0 Å². The topological polar surface area (TPSA) is 109 Å². The first-order valence-corrected chi connectivity index (χ1v) is 11.7. The van der Waals surface area contributed by atoms with Crippen LogP contribution in [0.1, 0.15) is 38.9 Å². The summed E-state index contributed by atoms with van der Waals surface area (Å²) in [5.74, 6) is 0.717. The minimum atomic E-state index is -0.496. The SMILES string of the molecule is CC(C)(CCCCOc1cc(-c2ccccc2)cc(-c2ccccc2)n1)c1nnn(CC(N)=O)n1. The Kier molecular flexibility index (Phi) is 7.50. The highest BCUT2D eigenvalue weighted by atomic mass is 16.5. The number of carbonyl (C=O) groups is 1. The fourth-order valence-corrected chi connectivity index (χ4v) is 3.81. The molecule has 2 heterocycles. The molecule has 2 aromatic heterocycles. The highest BCUT2D eigenvalue weighted by Crippen LogP contribution is 2.29. The zero-order valence-electron chi connectivity index (χ0n) is 20.1. The molecule has 0 radical (unpaired) electrons. The molecule has 2 aromatic carbocycles. The Morgan fingerprint density at radius 3 is 2.31 bits per heavy atom. The molecule has 0 bridgehead atoms. The largest absolute Gasteiger partial charge is 0.478 e. The lowest BCUT2D eigenvalue weighted by Crippen LogP contribution is -2.22. The molecule has 8 heteroatoms. The molecule has 1 amide bonds. The summed E-state index contributed by atoms with van der Waals surface area (Å²) in [7, 11) is 0. The number of aromatic nitrogens is 5. The van der Waals surface area contributed by atoms with Gasteiger partial charge in [-0.3, -0.25) is 4.79 Å². The molecule has 0 saturated heterocycles. The Balaban J connectivity index is 1.38. The molecule has 0 unspecified atom stereocenters. The third-order valence-electron chi connectivity index (χ3n) is 5.78. The van der Waals surface area contributed by atoms with Crippen LogP contribution in [-0.4, -0.2) is 37.7 Å². The quantitative estimate of drug-likeness (QED) is 0.325. The van der Waals surface area contributed by atoms with Crippen molar-refractivity contribution >= 4 is 5.91 Å². The summed E-state index contributed by atoms with van der Waals surface area (Å²) in [4.78, 5) is 17.1. The van der Waals surface area contributed by atoms with Crippen LogP contribution in [-0.2, 0) is 16.8 Å². The number of nitrogens with zero attached hydrogens (tertiary/aromatic N) is 5. The van der Waals surface area contributed by atoms with Crippen molar-refractivity contribution in [3.8, 4) is 28.3 Å². The molecule has 0 fully saturated rings. The monoisotopic (exact) mass is 470 g/mol. The Hall–Kier alpha value is -4.07. The maximum Gasteiger partial charge on any atom is 0.241 e. The normalized spacial score (nSPS) is 11.4. The minimum absolute atomic E-state index is 0.0725. The average Bonchev–Trinajstić information content (AvgIpc) is 3.33. The molecule has 0 aliphatic carbocycles. The predicted octanol–water partition coefficient (Wildman–Crippen LogP) is 4.41. The first-order valence-electron chi connectivity index (χ1n) is 11.7. The summed E-state index contributed by atoms with van der Waals surface area (Å²) in [5.41, 5.74) is 9.05. The lowest BCUT2D eigenvalue weighted by molar-refractivity contribution is -0.119. The molecule has 8 nitrogen and oxygen atoms in total. The van der Waals surface area contributed by atoms with Crippen LogP contribution in [0.5, 0.6) is 5.88 Å². The molecule has 0 atom stereocenters. The fraction of sp³-hybridized carbons (Fsp3) is 0.296. The van der Waals surface area contributed by atoms with Gasteiger partial charge >= 0.3 is 0 Å². The van der Waals surface area contributed by atoms with Crippen molar-refractivity contribution in [3.05, 3.63) is 78.6 Å². The number of carbonyl (C=O) groups excluding carboxylic acids is 1. The number of pyridine rings is 1. The summed E-state index contributed by atoms with van der Waals surface area (Å²) >= 11 is 0. The van der Waals surface area contributed by atoms with Crippen LogP contribution in [0.15, 0.2) is 72.8 Å². The van der Waals surface area contributed by atoms with Gasteiger partial charge in [-0.2, -0.15) is 4.80 Å². The number of hydrogen-bond acceptors (Lipinski definition) is 6. The van der Waals surface area contributed by atoms with Crippen LogP contribution in [0.25, 0.3) is 22.4 Å². The van der Waals surface area contributed by atoms with Gasteiger partial charge in [-0.25, -0.2) is 4.98 Å². The first kappa shape index (κ1) is 24.1. The molecule has 4 aromatic rings. The predicted molar refractivity (Wildman–Crippen MR) is 134 cm³/mol. The van der Waals surface area contributed by atoms with E-state index < -0.39 is 5.91 Å². The third-order valence-corrected chi connectivity index (χ3v) is 5.78. The van der Waals surface area contributed by atoms with Crippen molar-refractivity contribution in [1.29, 1.82) is 0 Å². The third kappa shape index (κ3) is 6.50. The van der Waals surface area contributed by atoms with Gasteiger partial charge in [0.25, 0.3) is 0 Å². The summed E-state index contributed by atoms with van der Waals surface area (Å²) in [5, 5.41) is 12.3. The van der Waals surface area contributed by atoms with Gasteiger partial charge in [0.1, 0.15) is 6.54 Å². The van der Waals surface area contributed by atoms with Crippen molar-refractivity contribution in [2.45, 2.75) is 45.1 Å². The molecule has 0 aliphatic heterocycles. The summed E-state index contributed by atoms with van der Waals surface area (Å²) in [6.07, 6.45) is 2.63. The Morgan fingerprint density at radius 2 is 1.63 bits per heavy atom. The maximum absolute atomic E-state index is 11.1. The molecular formula is C27H30N6O2. The van der Waals surface area contributed by atoms with Crippen molar-refractivity contribution in [1.82, 2.24) is 25.2 Å². The fourth-order valence-electron chi connectivity index (χ4n) is 3.81. The maximum atomic E-state index is 11.1. The second kappa shape index (κ2) is 10.9. The number of nitrogens with two attached hydrogens (primary N) is 1. The van der Waals surface area contributed by atoms with Crippen molar-refractivity contribution in [2.24, 2.45) is 5.73 Å². The van der Waals surface area contributed by atoms with E-state index in [0.29, 0.717) is 18.3 Å². The molecule has 0 spiro atoms. The van der Waals surface area contributed by atoms with Gasteiger partial charge in [-0.05, 0) is 41.7 Å². The summed E-state index contributed by atoms with van der Waals surface area (Å²) < 4.78 is 6.09. The van der Waals surface area contributed by atoms with E-state index in [1.165, 1.54) is 4.80 Å². The molecule has 0 aliphatic rings. The lowest BCUT2D eigenvalue weighted by atomic mass is 9.86. The smallest absolute Gasteiger partial charge is 0.241 e. The van der Waals surface area contributed by atoms with Crippen molar-refractivity contribution in [3.63, 3.8) is 0 Å². The number of unbranched alkanes of at least 4 members (excludes halogenated alkanes) is 1. The molecule has 180 valence electrons. The van der Waals surface area contributed by atoms with Crippen LogP contribution in [0.2, 0.25) is 0 Å². The minimum Gasteiger partial charge on any atom is -0.478 e. The van der Waals surface area contributed by atoms with Gasteiger partial charge in [0.2, 0.25) is 11.8 Å². The summed E-state index contributed by atoms with van der Waals surface area (Å²) in [6.45, 7) is 4.61. The number of amides is 1. The number of primary amides is 1. The van der Waals surface area contributed by atoms with E-state index in [9.17, 15) is 4.79 Å². The Morgan fingerprint density at radius 1 is 0.943 bits per heavy atom. The van der Waals surface area contributed by atoms with Crippen LogP contribution in [0.4, 0.5) is 0 Å². The first-order chi connectivity index (χ1) is 16.9. The Labute approximate surface area is 205 Å². The van der Waals surface area contributed by atoms with Gasteiger partial charge < -0.3 is 10.5 Å². The van der Waals surface area contributed by atoms with E-state index in [2.05, 4.69) is 59.6 Å². The van der Waals surface area contributed by atoms with E-state index in [4.69, 9.17) is 15.5 Å². The van der Waals surface area contributed by atoms with Crippen LogP contribution in [0.3, 0.4) is 0 Å². The molecule has 35 heavy (non-hydrogen) atoms. The number of hydrogen-bond donors (Lipinski definition) is 1. The van der Waals surface area contributed by atoms with E-state index in [1.54, 1.807) is 0 Å². The van der Waals surface area contributed by atoms with Gasteiger partial charge in [-0.1, -0.05) is 74.5 Å². The molecule has 0 saturated carbocycles. The summed E-state index contributed by atoms with van der Waals surface area (Å²) in [6, 6.07) is 24.5. The van der Waals surface area contributed by atoms with E-state index in [-0.39, 0.29) is 12.0 Å². The van der Waals surface area contributed by atoms with Crippen LogP contribution < -0.4 is 10.5 Å². The molecule has 4 rings (SSSR count). The van der Waals surface area contributed by atoms with Crippen LogP contribution in [0, 0.1) is 0 Å².